The third-order valence-electron chi connectivity index (χ3n) is 23.4. The van der Waals surface area contributed by atoms with Crippen molar-refractivity contribution in [2.75, 3.05) is 0 Å². The van der Waals surface area contributed by atoms with E-state index in [-0.39, 0.29) is 0 Å². The standard InChI is InChI=1S/C104H58O4/c1-3-21-61-52-68(42-37-59(61)19-1)95-75-26-7-9-28-77(75)96(78-29-10-8-27-76(78)95)70-44-40-63-51-67(41-39-64(63)54-70)86-57-89-74-25-15-17-35-91(74)105-103(89)100-85-47-45-66(56-94(85)108-101(86)100)65-46-50-93-87(55-65)90-58-88(102-99(104(90)107-93)84-34-16-18-36-92(84)106-102)73-48-49-83(72-24-6-5-23-71(72)73)98-81-32-13-11-30-79(81)97(80-31-12-14-33-82(80)98)69-43-38-60-20-2-4-22-62(60)53-69/h1-58H. The Morgan fingerprint density at radius 2 is 0.472 bits per heavy atom. The third-order valence-corrected chi connectivity index (χ3v) is 23.4. The second-order valence-corrected chi connectivity index (χ2v) is 29.1. The Kier molecular flexibility index (Phi) is 12.4. The van der Waals surface area contributed by atoms with Crippen molar-refractivity contribution < 1.29 is 17.7 Å². The number of hydrogen-bond donors (Lipinski definition) is 0. The summed E-state index contributed by atoms with van der Waals surface area (Å²) < 4.78 is 28.3. The molecule has 0 aliphatic heterocycles. The number of rotatable bonds is 7. The SMILES string of the molecule is c1ccc2cc(-c3c4ccccc4c(-c4ccc5cc(-c6cc7c8ccccc8oc7c7c6oc6cc(-c8ccc9oc%10c(cc(-c%11ccc(-c%12c%13ccccc%13c(-c%13ccc%14ccccc%14c%13)c%13ccccc%12%13)c%12ccccc%11%12)c%11oc%12ccccc%12c%11%10)c9c8)ccc67)ccc5c4)c4ccccc34)ccc2c1. The molecule has 0 aliphatic rings. The maximum absolute atomic E-state index is 7.29. The third kappa shape index (κ3) is 8.62. The average Bonchev–Trinajstić information content (AvgIpc) is 0.912. The van der Waals surface area contributed by atoms with E-state index in [1.54, 1.807) is 0 Å². The summed E-state index contributed by atoms with van der Waals surface area (Å²) in [7, 11) is 0. The molecule has 0 radical (unpaired) electrons. The molecule has 0 saturated carbocycles. The zero-order chi connectivity index (χ0) is 70.4. The molecule has 20 aromatic carbocycles. The van der Waals surface area contributed by atoms with Gasteiger partial charge in [0.25, 0.3) is 0 Å². The van der Waals surface area contributed by atoms with E-state index in [2.05, 4.69) is 340 Å². The lowest BCUT2D eigenvalue weighted by atomic mass is 9.83. The van der Waals surface area contributed by atoms with Crippen LogP contribution in [0, 0.1) is 0 Å². The van der Waals surface area contributed by atoms with Crippen molar-refractivity contribution in [3.63, 3.8) is 0 Å². The van der Waals surface area contributed by atoms with Gasteiger partial charge in [-0.2, -0.15) is 0 Å². The van der Waals surface area contributed by atoms with E-state index < -0.39 is 0 Å². The highest BCUT2D eigenvalue weighted by molar-refractivity contribution is 6.30. The van der Waals surface area contributed by atoms with Gasteiger partial charge in [0.1, 0.15) is 44.7 Å². The molecule has 498 valence electrons. The predicted molar refractivity (Wildman–Crippen MR) is 454 cm³/mol. The molecule has 0 atom stereocenters. The summed E-state index contributed by atoms with van der Waals surface area (Å²) in [5.41, 5.74) is 22.3. The molecule has 4 heterocycles. The minimum absolute atomic E-state index is 0.774. The highest BCUT2D eigenvalue weighted by Gasteiger charge is 2.27. The molecule has 4 aromatic heterocycles. The first kappa shape index (κ1) is 59.1. The molecule has 4 heteroatoms. The van der Waals surface area contributed by atoms with Crippen molar-refractivity contribution in [3.8, 4) is 77.9 Å². The lowest BCUT2D eigenvalue weighted by Crippen LogP contribution is -1.92. The first-order valence-corrected chi connectivity index (χ1v) is 37.1. The van der Waals surface area contributed by atoms with E-state index in [9.17, 15) is 0 Å². The van der Waals surface area contributed by atoms with E-state index in [0.29, 0.717) is 0 Å². The minimum Gasteiger partial charge on any atom is -0.455 e. The van der Waals surface area contributed by atoms with Crippen LogP contribution in [-0.4, -0.2) is 0 Å². The Hall–Kier alpha value is -14.3. The largest absolute Gasteiger partial charge is 0.455 e. The van der Waals surface area contributed by atoms with Gasteiger partial charge < -0.3 is 17.7 Å². The van der Waals surface area contributed by atoms with Crippen molar-refractivity contribution >= 4 is 174 Å². The molecule has 0 N–H and O–H groups in total. The van der Waals surface area contributed by atoms with Crippen LogP contribution in [0.3, 0.4) is 0 Å². The fourth-order valence-electron chi connectivity index (χ4n) is 18.5. The molecule has 0 amide bonds. The smallest absolute Gasteiger partial charge is 0.147 e. The van der Waals surface area contributed by atoms with Crippen molar-refractivity contribution in [1.82, 2.24) is 0 Å². The van der Waals surface area contributed by atoms with Crippen LogP contribution in [0.15, 0.2) is 370 Å². The number of benzene rings is 20. The first-order chi connectivity index (χ1) is 53.5. The van der Waals surface area contributed by atoms with Gasteiger partial charge in [0.15, 0.2) is 0 Å². The van der Waals surface area contributed by atoms with Crippen LogP contribution in [0.25, 0.3) is 252 Å². The van der Waals surface area contributed by atoms with Crippen molar-refractivity contribution in [2.45, 2.75) is 0 Å². The Balaban J connectivity index is 0.641. The van der Waals surface area contributed by atoms with Gasteiger partial charge in [-0.3, -0.25) is 0 Å². The first-order valence-electron chi connectivity index (χ1n) is 37.1. The molecule has 24 rings (SSSR count). The van der Waals surface area contributed by atoms with E-state index in [1.807, 2.05) is 12.1 Å². The average molecular weight is 1370 g/mol. The van der Waals surface area contributed by atoms with Gasteiger partial charge in [0.2, 0.25) is 0 Å². The van der Waals surface area contributed by atoms with Crippen LogP contribution >= 0.6 is 0 Å². The maximum atomic E-state index is 7.29. The topological polar surface area (TPSA) is 52.6 Å². The quantitative estimate of drug-likeness (QED) is 0.149. The summed E-state index contributed by atoms with van der Waals surface area (Å²) in [5.74, 6) is 0. The summed E-state index contributed by atoms with van der Waals surface area (Å²) in [6, 6.07) is 129. The van der Waals surface area contributed by atoms with Gasteiger partial charge in [-0.1, -0.05) is 279 Å². The zero-order valence-electron chi connectivity index (χ0n) is 58.1. The molecule has 0 fully saturated rings. The minimum atomic E-state index is 0.774. The number of hydrogen-bond acceptors (Lipinski definition) is 4. The molecular formula is C104H58O4. The van der Waals surface area contributed by atoms with Crippen LogP contribution in [0.2, 0.25) is 0 Å². The van der Waals surface area contributed by atoms with Crippen LogP contribution < -0.4 is 0 Å². The van der Waals surface area contributed by atoms with Gasteiger partial charge in [0.05, 0.1) is 10.8 Å². The van der Waals surface area contributed by atoms with Gasteiger partial charge >= 0.3 is 0 Å². The molecule has 0 spiro atoms. The summed E-state index contributed by atoms with van der Waals surface area (Å²) in [6.07, 6.45) is 0. The highest BCUT2D eigenvalue weighted by Crippen LogP contribution is 2.53. The van der Waals surface area contributed by atoms with Gasteiger partial charge in [-0.15, -0.1) is 0 Å². The summed E-state index contributed by atoms with van der Waals surface area (Å²) in [4.78, 5) is 0. The van der Waals surface area contributed by atoms with Gasteiger partial charge in [-0.05, 0) is 226 Å². The number of furan rings is 4. The molecule has 0 unspecified atom stereocenters. The van der Waals surface area contributed by atoms with Crippen LogP contribution in [0.1, 0.15) is 0 Å². The van der Waals surface area contributed by atoms with Gasteiger partial charge in [0, 0.05) is 43.4 Å². The fraction of sp³-hybridized carbons (Fsp3) is 0. The second kappa shape index (κ2) is 22.6. The Bertz CT molecular complexity index is 7960. The van der Waals surface area contributed by atoms with E-state index in [1.165, 1.54) is 109 Å². The van der Waals surface area contributed by atoms with E-state index in [4.69, 9.17) is 17.7 Å². The number of fused-ring (bicyclic) bond motifs is 22. The Morgan fingerprint density at radius 1 is 0.139 bits per heavy atom. The summed E-state index contributed by atoms with van der Waals surface area (Å²) in [6.45, 7) is 0. The lowest BCUT2D eigenvalue weighted by molar-refractivity contribution is 0.663. The van der Waals surface area contributed by atoms with E-state index >= 15 is 0 Å². The maximum Gasteiger partial charge on any atom is 0.147 e. The Labute approximate surface area is 617 Å². The molecule has 24 aromatic rings. The molecule has 108 heavy (non-hydrogen) atoms. The fourth-order valence-corrected chi connectivity index (χ4v) is 18.5. The van der Waals surface area contributed by atoms with E-state index in [0.717, 1.165) is 143 Å². The van der Waals surface area contributed by atoms with Crippen molar-refractivity contribution in [1.29, 1.82) is 0 Å². The van der Waals surface area contributed by atoms with Crippen molar-refractivity contribution in [3.05, 3.63) is 352 Å². The predicted octanol–water partition coefficient (Wildman–Crippen LogP) is 30.2. The molecule has 0 aliphatic carbocycles. The second-order valence-electron chi connectivity index (χ2n) is 29.1. The Morgan fingerprint density at radius 3 is 1.03 bits per heavy atom. The van der Waals surface area contributed by atoms with Crippen molar-refractivity contribution in [2.24, 2.45) is 0 Å². The lowest BCUT2D eigenvalue weighted by Gasteiger charge is -2.20. The normalized spacial score (nSPS) is 12.3. The molecule has 4 nitrogen and oxygen atoms in total. The number of para-hydroxylation sites is 2. The summed E-state index contributed by atoms with van der Waals surface area (Å²) >= 11 is 0. The zero-order valence-corrected chi connectivity index (χ0v) is 58.1. The summed E-state index contributed by atoms with van der Waals surface area (Å²) in [5, 5.41) is 27.4. The van der Waals surface area contributed by atoms with Crippen LogP contribution in [0.5, 0.6) is 0 Å². The molecular weight excluding hydrogens is 1310 g/mol. The highest BCUT2D eigenvalue weighted by atomic mass is 16.4. The van der Waals surface area contributed by atoms with Crippen LogP contribution in [0.4, 0.5) is 0 Å². The monoisotopic (exact) mass is 1370 g/mol. The molecule has 0 bridgehead atoms. The van der Waals surface area contributed by atoms with Gasteiger partial charge in [-0.25, -0.2) is 0 Å². The van der Waals surface area contributed by atoms with Crippen LogP contribution in [-0.2, 0) is 0 Å². The molecule has 0 saturated heterocycles.